The van der Waals surface area contributed by atoms with Gasteiger partial charge in [0.25, 0.3) is 0 Å². The molecule has 0 radical (unpaired) electrons. The zero-order valence-electron chi connectivity index (χ0n) is 10.4. The van der Waals surface area contributed by atoms with Gasteiger partial charge in [0.1, 0.15) is 0 Å². The number of anilines is 1. The molecule has 0 aliphatic heterocycles. The van der Waals surface area contributed by atoms with Gasteiger partial charge in [-0.15, -0.1) is 0 Å². The second-order valence-corrected chi connectivity index (χ2v) is 6.50. The van der Waals surface area contributed by atoms with Gasteiger partial charge in [-0.1, -0.05) is 28.1 Å². The average Bonchev–Trinajstić information content (AvgIpc) is 2.32. The number of aryl methyl sites for hydroxylation is 2. The van der Waals surface area contributed by atoms with Crippen LogP contribution in [0.4, 0.5) is 5.69 Å². The van der Waals surface area contributed by atoms with E-state index >= 15 is 0 Å². The first-order valence-corrected chi connectivity index (χ1v) is 7.68. The standard InChI is InChI=1S/C15H15BrIN/c1-10-7-12(3-5-14(10)16)9-18-15-6-4-13(17)8-11(15)2/h3-8,18H,9H2,1-2H3. The van der Waals surface area contributed by atoms with Gasteiger partial charge in [0.15, 0.2) is 0 Å². The zero-order valence-corrected chi connectivity index (χ0v) is 14.2. The predicted octanol–water partition coefficient (Wildman–Crippen LogP) is 5.28. The van der Waals surface area contributed by atoms with Gasteiger partial charge >= 0.3 is 0 Å². The van der Waals surface area contributed by atoms with Gasteiger partial charge in [-0.2, -0.15) is 0 Å². The van der Waals surface area contributed by atoms with Crippen molar-refractivity contribution >= 4 is 44.2 Å². The quantitative estimate of drug-likeness (QED) is 0.672. The molecule has 18 heavy (non-hydrogen) atoms. The van der Waals surface area contributed by atoms with Gasteiger partial charge in [-0.05, 0) is 77.4 Å². The first-order valence-electron chi connectivity index (χ1n) is 5.81. The Balaban J connectivity index is 2.09. The molecule has 0 unspecified atom stereocenters. The number of halogens is 2. The van der Waals surface area contributed by atoms with E-state index in [1.54, 1.807) is 0 Å². The summed E-state index contributed by atoms with van der Waals surface area (Å²) in [5.41, 5.74) is 5.06. The normalized spacial score (nSPS) is 10.4. The Bertz CT molecular complexity index is 566. The summed E-state index contributed by atoms with van der Waals surface area (Å²) in [5, 5.41) is 3.48. The zero-order chi connectivity index (χ0) is 13.1. The molecule has 0 aliphatic rings. The van der Waals surface area contributed by atoms with Crippen LogP contribution in [0.15, 0.2) is 40.9 Å². The van der Waals surface area contributed by atoms with Gasteiger partial charge in [-0.3, -0.25) is 0 Å². The fourth-order valence-electron chi connectivity index (χ4n) is 1.84. The van der Waals surface area contributed by atoms with Crippen LogP contribution < -0.4 is 5.32 Å². The lowest BCUT2D eigenvalue weighted by Crippen LogP contribution is -2.01. The molecule has 0 aliphatic carbocycles. The van der Waals surface area contributed by atoms with Crippen LogP contribution in [0.5, 0.6) is 0 Å². The summed E-state index contributed by atoms with van der Waals surface area (Å²) in [4.78, 5) is 0. The molecule has 2 aromatic carbocycles. The molecule has 0 saturated carbocycles. The second-order valence-electron chi connectivity index (χ2n) is 4.40. The van der Waals surface area contributed by atoms with Crippen molar-refractivity contribution < 1.29 is 0 Å². The van der Waals surface area contributed by atoms with Crippen LogP contribution in [0.25, 0.3) is 0 Å². The van der Waals surface area contributed by atoms with Crippen LogP contribution >= 0.6 is 38.5 Å². The Hall–Kier alpha value is -0.550. The highest BCUT2D eigenvalue weighted by molar-refractivity contribution is 14.1. The van der Waals surface area contributed by atoms with Gasteiger partial charge in [0, 0.05) is 20.3 Å². The first kappa shape index (κ1) is 13.9. The van der Waals surface area contributed by atoms with E-state index in [-0.39, 0.29) is 0 Å². The van der Waals surface area contributed by atoms with E-state index in [2.05, 4.69) is 94.1 Å². The molecule has 0 amide bonds. The van der Waals surface area contributed by atoms with E-state index in [9.17, 15) is 0 Å². The van der Waals surface area contributed by atoms with Gasteiger partial charge in [0.2, 0.25) is 0 Å². The van der Waals surface area contributed by atoms with Crippen LogP contribution in [-0.2, 0) is 6.54 Å². The highest BCUT2D eigenvalue weighted by Crippen LogP contribution is 2.20. The highest BCUT2D eigenvalue weighted by atomic mass is 127. The molecule has 3 heteroatoms. The topological polar surface area (TPSA) is 12.0 Å². The lowest BCUT2D eigenvalue weighted by atomic mass is 10.1. The molecule has 0 saturated heterocycles. The molecule has 0 aromatic heterocycles. The maximum atomic E-state index is 3.52. The molecular formula is C15H15BrIN. The van der Waals surface area contributed by atoms with E-state index in [1.807, 2.05) is 0 Å². The van der Waals surface area contributed by atoms with Crippen LogP contribution in [-0.4, -0.2) is 0 Å². The van der Waals surface area contributed by atoms with Gasteiger partial charge < -0.3 is 5.32 Å². The Kier molecular flexibility index (Phi) is 4.67. The van der Waals surface area contributed by atoms with Crippen molar-refractivity contribution in [2.75, 3.05) is 5.32 Å². The fourth-order valence-corrected chi connectivity index (χ4v) is 2.73. The van der Waals surface area contributed by atoms with E-state index < -0.39 is 0 Å². The van der Waals surface area contributed by atoms with Gasteiger partial charge in [0.05, 0.1) is 0 Å². The minimum absolute atomic E-state index is 0.857. The molecule has 0 bridgehead atoms. The third kappa shape index (κ3) is 3.48. The van der Waals surface area contributed by atoms with E-state index in [0.29, 0.717) is 0 Å². The number of nitrogens with one attached hydrogen (secondary N) is 1. The second kappa shape index (κ2) is 6.06. The molecular weight excluding hydrogens is 401 g/mol. The van der Waals surface area contributed by atoms with E-state index in [4.69, 9.17) is 0 Å². The first-order chi connectivity index (χ1) is 8.56. The summed E-state index contributed by atoms with van der Waals surface area (Å²) in [5.74, 6) is 0. The fraction of sp³-hybridized carbons (Fsp3) is 0.200. The molecule has 1 nitrogen and oxygen atoms in total. The monoisotopic (exact) mass is 415 g/mol. The Morgan fingerprint density at radius 3 is 2.50 bits per heavy atom. The van der Waals surface area contributed by atoms with E-state index in [1.165, 1.54) is 25.9 Å². The minimum Gasteiger partial charge on any atom is -0.381 e. The molecule has 2 rings (SSSR count). The van der Waals surface area contributed by atoms with Crippen molar-refractivity contribution in [3.8, 4) is 0 Å². The Morgan fingerprint density at radius 1 is 1.06 bits per heavy atom. The summed E-state index contributed by atoms with van der Waals surface area (Å²) in [7, 11) is 0. The lowest BCUT2D eigenvalue weighted by molar-refractivity contribution is 1.13. The molecule has 1 N–H and O–H groups in total. The number of hydrogen-bond donors (Lipinski definition) is 1. The number of hydrogen-bond acceptors (Lipinski definition) is 1. The van der Waals surface area contributed by atoms with Crippen molar-refractivity contribution in [3.05, 3.63) is 61.1 Å². The SMILES string of the molecule is Cc1cc(CNc2ccc(I)cc2C)ccc1Br. The molecule has 94 valence electrons. The summed E-state index contributed by atoms with van der Waals surface area (Å²) in [6.45, 7) is 5.11. The maximum Gasteiger partial charge on any atom is 0.0400 e. The molecule has 0 heterocycles. The molecule has 0 spiro atoms. The summed E-state index contributed by atoms with van der Waals surface area (Å²) < 4.78 is 2.44. The largest absolute Gasteiger partial charge is 0.381 e. The highest BCUT2D eigenvalue weighted by Gasteiger charge is 2.00. The van der Waals surface area contributed by atoms with Crippen molar-refractivity contribution in [2.24, 2.45) is 0 Å². The molecule has 0 fully saturated rings. The number of rotatable bonds is 3. The van der Waals surface area contributed by atoms with Crippen molar-refractivity contribution in [1.29, 1.82) is 0 Å². The third-order valence-corrected chi connectivity index (χ3v) is 4.45. The van der Waals surface area contributed by atoms with Crippen molar-refractivity contribution in [2.45, 2.75) is 20.4 Å². The minimum atomic E-state index is 0.857. The van der Waals surface area contributed by atoms with Gasteiger partial charge in [-0.25, -0.2) is 0 Å². The smallest absolute Gasteiger partial charge is 0.0400 e. The molecule has 2 aromatic rings. The summed E-state index contributed by atoms with van der Waals surface area (Å²) in [6.07, 6.45) is 0. The van der Waals surface area contributed by atoms with Crippen LogP contribution in [0.2, 0.25) is 0 Å². The Morgan fingerprint density at radius 2 is 1.83 bits per heavy atom. The van der Waals surface area contributed by atoms with Crippen LogP contribution in [0, 0.1) is 17.4 Å². The van der Waals surface area contributed by atoms with Crippen molar-refractivity contribution in [1.82, 2.24) is 0 Å². The predicted molar refractivity (Wildman–Crippen MR) is 90.1 cm³/mol. The Labute approximate surface area is 130 Å². The van der Waals surface area contributed by atoms with Crippen LogP contribution in [0.3, 0.4) is 0 Å². The summed E-state index contributed by atoms with van der Waals surface area (Å²) in [6, 6.07) is 12.9. The molecule has 0 atom stereocenters. The maximum absolute atomic E-state index is 3.52. The summed E-state index contributed by atoms with van der Waals surface area (Å²) >= 11 is 5.86. The van der Waals surface area contributed by atoms with Crippen molar-refractivity contribution in [3.63, 3.8) is 0 Å². The number of benzene rings is 2. The van der Waals surface area contributed by atoms with Crippen LogP contribution in [0.1, 0.15) is 16.7 Å². The third-order valence-electron chi connectivity index (χ3n) is 2.89. The average molecular weight is 416 g/mol. The lowest BCUT2D eigenvalue weighted by Gasteiger charge is -2.11. The van der Waals surface area contributed by atoms with E-state index in [0.717, 1.165) is 11.0 Å².